The molecule has 2 amide bonds. The van der Waals surface area contributed by atoms with Crippen LogP contribution in [0.15, 0.2) is 24.3 Å². The summed E-state index contributed by atoms with van der Waals surface area (Å²) in [5.74, 6) is -1.86. The molecular formula is C19H24N2O4. The molecule has 2 heterocycles. The second kappa shape index (κ2) is 7.25. The average molecular weight is 344 g/mol. The van der Waals surface area contributed by atoms with Gasteiger partial charge < -0.3 is 14.9 Å². The van der Waals surface area contributed by atoms with Crippen LogP contribution in [-0.4, -0.2) is 47.4 Å². The first-order valence-electron chi connectivity index (χ1n) is 8.90. The van der Waals surface area contributed by atoms with E-state index in [0.29, 0.717) is 25.9 Å². The Hall–Kier alpha value is -2.37. The molecule has 0 bridgehead atoms. The summed E-state index contributed by atoms with van der Waals surface area (Å²) < 4.78 is 0. The van der Waals surface area contributed by atoms with Crippen molar-refractivity contribution in [2.24, 2.45) is 11.8 Å². The number of amides is 2. The predicted octanol–water partition coefficient (Wildman–Crippen LogP) is 1.93. The number of aryl methyl sites for hydroxylation is 1. The molecule has 2 aliphatic rings. The fraction of sp³-hybridized carbons (Fsp3) is 0.526. The van der Waals surface area contributed by atoms with E-state index < -0.39 is 11.9 Å². The number of carbonyl (C=O) groups is 3. The number of hydrogen-bond acceptors (Lipinski definition) is 3. The molecule has 1 N–H and O–H groups in total. The van der Waals surface area contributed by atoms with E-state index >= 15 is 0 Å². The van der Waals surface area contributed by atoms with Gasteiger partial charge in [-0.2, -0.15) is 0 Å². The van der Waals surface area contributed by atoms with Gasteiger partial charge >= 0.3 is 5.97 Å². The lowest BCUT2D eigenvalue weighted by Gasteiger charge is -2.32. The van der Waals surface area contributed by atoms with Gasteiger partial charge in [0.2, 0.25) is 11.8 Å². The Bertz CT molecular complexity index is 671. The minimum atomic E-state index is -0.849. The molecular weight excluding hydrogens is 320 g/mol. The van der Waals surface area contributed by atoms with Crippen molar-refractivity contribution in [3.8, 4) is 0 Å². The van der Waals surface area contributed by atoms with Gasteiger partial charge in [0.1, 0.15) is 0 Å². The van der Waals surface area contributed by atoms with Crippen molar-refractivity contribution in [3.05, 3.63) is 29.8 Å². The Kier molecular flexibility index (Phi) is 5.06. The van der Waals surface area contributed by atoms with Gasteiger partial charge in [-0.25, -0.2) is 0 Å². The van der Waals surface area contributed by atoms with Gasteiger partial charge in [-0.15, -0.1) is 0 Å². The van der Waals surface area contributed by atoms with Crippen LogP contribution in [0.25, 0.3) is 0 Å². The second-order valence-electron chi connectivity index (χ2n) is 6.89. The fourth-order valence-corrected chi connectivity index (χ4v) is 3.67. The minimum absolute atomic E-state index is 0.0469. The van der Waals surface area contributed by atoms with Crippen LogP contribution in [0.3, 0.4) is 0 Å². The van der Waals surface area contributed by atoms with Crippen LogP contribution < -0.4 is 4.90 Å². The molecule has 6 heteroatoms. The molecule has 0 saturated carbocycles. The third kappa shape index (κ3) is 3.67. The van der Waals surface area contributed by atoms with E-state index in [1.165, 1.54) is 5.56 Å². The summed E-state index contributed by atoms with van der Waals surface area (Å²) in [5, 5.41) is 9.18. The molecule has 0 radical (unpaired) electrons. The molecule has 134 valence electrons. The first kappa shape index (κ1) is 17.5. The lowest BCUT2D eigenvalue weighted by molar-refractivity contribution is -0.146. The Labute approximate surface area is 147 Å². The second-order valence-corrected chi connectivity index (χ2v) is 6.89. The van der Waals surface area contributed by atoms with Gasteiger partial charge in [0.15, 0.2) is 0 Å². The van der Waals surface area contributed by atoms with E-state index in [9.17, 15) is 19.5 Å². The summed E-state index contributed by atoms with van der Waals surface area (Å²) in [4.78, 5) is 39.6. The van der Waals surface area contributed by atoms with Gasteiger partial charge in [0.05, 0.1) is 11.8 Å². The van der Waals surface area contributed by atoms with Crippen LogP contribution in [0.1, 0.15) is 31.7 Å². The molecule has 6 nitrogen and oxygen atoms in total. The van der Waals surface area contributed by atoms with Crippen LogP contribution in [-0.2, 0) is 20.8 Å². The monoisotopic (exact) mass is 344 g/mol. The standard InChI is InChI=1S/C19H24N2O4/c1-2-13-5-7-16(8-6-13)21-12-15(10-17(21)22)18(23)20-9-3-4-14(11-20)19(24)25/h5-8,14-15H,2-4,9-12H2,1H3,(H,24,25)/t14-,15?/m0/s1. The molecule has 0 spiro atoms. The van der Waals surface area contributed by atoms with Crippen LogP contribution in [0, 0.1) is 11.8 Å². The number of nitrogens with zero attached hydrogens (tertiary/aromatic N) is 2. The number of likely N-dealkylation sites (tertiary alicyclic amines) is 1. The van der Waals surface area contributed by atoms with E-state index in [-0.39, 0.29) is 30.7 Å². The van der Waals surface area contributed by atoms with Gasteiger partial charge in [-0.1, -0.05) is 19.1 Å². The zero-order chi connectivity index (χ0) is 18.0. The van der Waals surface area contributed by atoms with Gasteiger partial charge in [-0.05, 0) is 37.0 Å². The maximum absolute atomic E-state index is 12.7. The van der Waals surface area contributed by atoms with E-state index in [4.69, 9.17) is 0 Å². The van der Waals surface area contributed by atoms with Gasteiger partial charge in [-0.3, -0.25) is 14.4 Å². The molecule has 1 aromatic rings. The van der Waals surface area contributed by atoms with Crippen LogP contribution in [0.4, 0.5) is 5.69 Å². The summed E-state index contributed by atoms with van der Waals surface area (Å²) >= 11 is 0. The smallest absolute Gasteiger partial charge is 0.308 e. The maximum atomic E-state index is 12.7. The first-order chi connectivity index (χ1) is 12.0. The highest BCUT2D eigenvalue weighted by Gasteiger charge is 2.39. The molecule has 2 atom stereocenters. The van der Waals surface area contributed by atoms with Crippen molar-refractivity contribution < 1.29 is 19.5 Å². The quantitative estimate of drug-likeness (QED) is 0.905. The minimum Gasteiger partial charge on any atom is -0.481 e. The Balaban J connectivity index is 1.66. The molecule has 1 unspecified atom stereocenters. The summed E-state index contributed by atoms with van der Waals surface area (Å²) in [6.45, 7) is 3.29. The van der Waals surface area contributed by atoms with Crippen molar-refractivity contribution in [2.75, 3.05) is 24.5 Å². The molecule has 1 aromatic carbocycles. The summed E-state index contributed by atoms with van der Waals surface area (Å²) in [6.07, 6.45) is 2.45. The summed E-state index contributed by atoms with van der Waals surface area (Å²) in [6, 6.07) is 7.84. The molecule has 2 fully saturated rings. The van der Waals surface area contributed by atoms with E-state index in [1.54, 1.807) is 9.80 Å². The van der Waals surface area contributed by atoms with Crippen molar-refractivity contribution in [1.29, 1.82) is 0 Å². The van der Waals surface area contributed by atoms with Crippen LogP contribution >= 0.6 is 0 Å². The van der Waals surface area contributed by atoms with Crippen LogP contribution in [0.5, 0.6) is 0 Å². The number of carboxylic acid groups (broad SMARTS) is 1. The third-order valence-corrected chi connectivity index (χ3v) is 5.21. The van der Waals surface area contributed by atoms with Gasteiger partial charge in [0, 0.05) is 31.7 Å². The first-order valence-corrected chi connectivity index (χ1v) is 8.90. The summed E-state index contributed by atoms with van der Waals surface area (Å²) in [7, 11) is 0. The van der Waals surface area contributed by atoms with E-state index in [1.807, 2.05) is 24.3 Å². The Morgan fingerprint density at radius 1 is 1.16 bits per heavy atom. The topological polar surface area (TPSA) is 77.9 Å². The van der Waals surface area contributed by atoms with E-state index in [0.717, 1.165) is 12.1 Å². The maximum Gasteiger partial charge on any atom is 0.308 e. The summed E-state index contributed by atoms with van der Waals surface area (Å²) in [5.41, 5.74) is 2.02. The molecule has 2 aliphatic heterocycles. The zero-order valence-corrected chi connectivity index (χ0v) is 14.5. The number of benzene rings is 1. The third-order valence-electron chi connectivity index (χ3n) is 5.21. The number of rotatable bonds is 4. The van der Waals surface area contributed by atoms with Crippen molar-refractivity contribution in [1.82, 2.24) is 4.90 Å². The van der Waals surface area contributed by atoms with Crippen molar-refractivity contribution in [2.45, 2.75) is 32.6 Å². The Morgan fingerprint density at radius 2 is 1.88 bits per heavy atom. The highest BCUT2D eigenvalue weighted by atomic mass is 16.4. The van der Waals surface area contributed by atoms with E-state index in [2.05, 4.69) is 6.92 Å². The number of carbonyl (C=O) groups excluding carboxylic acids is 2. The fourth-order valence-electron chi connectivity index (χ4n) is 3.67. The number of piperidine rings is 1. The number of hydrogen-bond donors (Lipinski definition) is 1. The molecule has 0 aromatic heterocycles. The van der Waals surface area contributed by atoms with Crippen molar-refractivity contribution >= 4 is 23.5 Å². The Morgan fingerprint density at radius 3 is 2.52 bits per heavy atom. The lowest BCUT2D eigenvalue weighted by atomic mass is 9.96. The molecule has 2 saturated heterocycles. The number of aliphatic carboxylic acids is 1. The largest absolute Gasteiger partial charge is 0.481 e. The average Bonchev–Trinajstić information content (AvgIpc) is 3.03. The highest BCUT2D eigenvalue weighted by Crippen LogP contribution is 2.28. The highest BCUT2D eigenvalue weighted by molar-refractivity contribution is 6.00. The number of carboxylic acids is 1. The molecule has 25 heavy (non-hydrogen) atoms. The normalized spacial score (nSPS) is 23.8. The molecule has 3 rings (SSSR count). The lowest BCUT2D eigenvalue weighted by Crippen LogP contribution is -2.45. The van der Waals surface area contributed by atoms with Crippen molar-refractivity contribution in [3.63, 3.8) is 0 Å². The van der Waals surface area contributed by atoms with Gasteiger partial charge in [0.25, 0.3) is 0 Å². The zero-order valence-electron chi connectivity index (χ0n) is 14.5. The molecule has 0 aliphatic carbocycles. The SMILES string of the molecule is CCc1ccc(N2CC(C(=O)N3CCC[C@H](C(=O)O)C3)CC2=O)cc1. The number of anilines is 1. The predicted molar refractivity (Wildman–Crippen MR) is 93.2 cm³/mol. The van der Waals surface area contributed by atoms with Crippen LogP contribution in [0.2, 0.25) is 0 Å².